The SMILES string of the molecule is CC(C)(C)OC(=O)N(C(=O)OC(C)(C)C)C(CNCC(C)(N)OCc1ccccc1)OCc1ccccc1. The maximum Gasteiger partial charge on any atom is 0.422 e. The van der Waals surface area contributed by atoms with Gasteiger partial charge in [-0.05, 0) is 59.6 Å². The number of imide groups is 1. The number of hydrogen-bond acceptors (Lipinski definition) is 8. The predicted octanol–water partition coefficient (Wildman–Crippen LogP) is 5.18. The van der Waals surface area contributed by atoms with Crippen molar-refractivity contribution in [3.63, 3.8) is 0 Å². The number of rotatable bonds is 11. The zero-order chi connectivity index (χ0) is 28.4. The summed E-state index contributed by atoms with van der Waals surface area (Å²) in [4.78, 5) is 27.3. The topological polar surface area (TPSA) is 112 Å². The molecule has 0 aromatic heterocycles. The van der Waals surface area contributed by atoms with Gasteiger partial charge in [0.2, 0.25) is 0 Å². The molecule has 2 aromatic carbocycles. The van der Waals surface area contributed by atoms with E-state index in [0.717, 1.165) is 16.0 Å². The van der Waals surface area contributed by atoms with Crippen molar-refractivity contribution in [2.45, 2.75) is 84.8 Å². The second kappa shape index (κ2) is 13.7. The Morgan fingerprint density at radius 2 is 1.24 bits per heavy atom. The number of nitrogens with two attached hydrogens (primary N) is 1. The summed E-state index contributed by atoms with van der Waals surface area (Å²) in [5.41, 5.74) is 5.53. The van der Waals surface area contributed by atoms with E-state index >= 15 is 0 Å². The molecule has 9 heteroatoms. The molecule has 0 heterocycles. The molecule has 0 fully saturated rings. The second-order valence-corrected chi connectivity index (χ2v) is 11.3. The molecule has 0 radical (unpaired) electrons. The van der Waals surface area contributed by atoms with Crippen LogP contribution in [0.15, 0.2) is 60.7 Å². The van der Waals surface area contributed by atoms with E-state index < -0.39 is 35.3 Å². The fourth-order valence-electron chi connectivity index (χ4n) is 3.24. The summed E-state index contributed by atoms with van der Waals surface area (Å²) < 4.78 is 23.0. The van der Waals surface area contributed by atoms with Crippen molar-refractivity contribution < 1.29 is 28.5 Å². The zero-order valence-corrected chi connectivity index (χ0v) is 23.7. The summed E-state index contributed by atoms with van der Waals surface area (Å²) in [7, 11) is 0. The highest BCUT2D eigenvalue weighted by molar-refractivity contribution is 5.88. The summed E-state index contributed by atoms with van der Waals surface area (Å²) >= 11 is 0. The number of ether oxygens (including phenoxy) is 4. The number of nitrogens with zero attached hydrogens (tertiary/aromatic N) is 1. The fraction of sp³-hybridized carbons (Fsp3) is 0.517. The molecule has 2 aromatic rings. The maximum absolute atomic E-state index is 13.2. The van der Waals surface area contributed by atoms with Crippen LogP contribution in [0.3, 0.4) is 0 Å². The molecular formula is C29H43N3O6. The molecule has 2 rings (SSSR count). The average molecular weight is 530 g/mol. The Balaban J connectivity index is 2.19. The lowest BCUT2D eigenvalue weighted by molar-refractivity contribution is -0.0803. The summed E-state index contributed by atoms with van der Waals surface area (Å²) in [5.74, 6) is 0. The molecule has 2 atom stereocenters. The number of hydrogen-bond donors (Lipinski definition) is 2. The number of nitrogens with one attached hydrogen (secondary N) is 1. The molecule has 0 spiro atoms. The van der Waals surface area contributed by atoms with Crippen LogP contribution >= 0.6 is 0 Å². The molecule has 0 aliphatic rings. The molecule has 0 aliphatic heterocycles. The Morgan fingerprint density at radius 1 is 0.789 bits per heavy atom. The molecule has 210 valence electrons. The van der Waals surface area contributed by atoms with Gasteiger partial charge in [-0.1, -0.05) is 60.7 Å². The third-order valence-electron chi connectivity index (χ3n) is 4.96. The normalized spacial score (nSPS) is 14.3. The largest absolute Gasteiger partial charge is 0.443 e. The Morgan fingerprint density at radius 3 is 1.68 bits per heavy atom. The second-order valence-electron chi connectivity index (χ2n) is 11.3. The van der Waals surface area contributed by atoms with Crippen molar-refractivity contribution >= 4 is 12.2 Å². The summed E-state index contributed by atoms with van der Waals surface area (Å²) in [6.07, 6.45) is -2.80. The van der Waals surface area contributed by atoms with Crippen LogP contribution in [-0.4, -0.2) is 53.3 Å². The first kappa shape index (κ1) is 31.2. The molecule has 0 bridgehead atoms. The van der Waals surface area contributed by atoms with Crippen molar-refractivity contribution in [1.29, 1.82) is 0 Å². The molecule has 38 heavy (non-hydrogen) atoms. The number of carbonyl (C=O) groups is 2. The minimum atomic E-state index is -1.05. The fourth-order valence-corrected chi connectivity index (χ4v) is 3.24. The highest BCUT2D eigenvalue weighted by atomic mass is 16.6. The predicted molar refractivity (Wildman–Crippen MR) is 146 cm³/mol. The monoisotopic (exact) mass is 529 g/mol. The standard InChI is InChI=1S/C29H43N3O6/c1-27(2,3)37-25(33)32(26(34)38-28(4,5)6)24(35-19-22-14-10-8-11-15-22)18-31-21-29(7,30)36-20-23-16-12-9-13-17-23/h8-17,24,31H,18-21,30H2,1-7H3. The van der Waals surface area contributed by atoms with Crippen LogP contribution < -0.4 is 11.1 Å². The average Bonchev–Trinajstić information content (AvgIpc) is 2.80. The van der Waals surface area contributed by atoms with Crippen LogP contribution in [0.2, 0.25) is 0 Å². The van der Waals surface area contributed by atoms with Gasteiger partial charge in [0, 0.05) is 13.1 Å². The number of amides is 2. The lowest BCUT2D eigenvalue weighted by Crippen LogP contribution is -2.55. The van der Waals surface area contributed by atoms with Gasteiger partial charge in [0.25, 0.3) is 0 Å². The summed E-state index contributed by atoms with van der Waals surface area (Å²) in [6.45, 7) is 12.9. The minimum absolute atomic E-state index is 0.0623. The van der Waals surface area contributed by atoms with E-state index in [1.54, 1.807) is 48.5 Å². The van der Waals surface area contributed by atoms with Crippen LogP contribution in [0.5, 0.6) is 0 Å². The first-order chi connectivity index (χ1) is 17.7. The van der Waals surface area contributed by atoms with Crippen LogP contribution in [0.1, 0.15) is 59.6 Å². The van der Waals surface area contributed by atoms with Gasteiger partial charge in [0.15, 0.2) is 6.23 Å². The highest BCUT2D eigenvalue weighted by Gasteiger charge is 2.37. The van der Waals surface area contributed by atoms with Crippen molar-refractivity contribution in [1.82, 2.24) is 10.2 Å². The first-order valence-corrected chi connectivity index (χ1v) is 12.7. The number of benzene rings is 2. The van der Waals surface area contributed by atoms with Crippen LogP contribution in [0.25, 0.3) is 0 Å². The van der Waals surface area contributed by atoms with Crippen LogP contribution in [-0.2, 0) is 32.2 Å². The molecule has 2 unspecified atom stereocenters. The van der Waals surface area contributed by atoms with E-state index in [-0.39, 0.29) is 19.7 Å². The zero-order valence-electron chi connectivity index (χ0n) is 23.7. The Kier molecular flexibility index (Phi) is 11.3. The van der Waals surface area contributed by atoms with E-state index in [4.69, 9.17) is 24.7 Å². The Bertz CT molecular complexity index is 972. The molecule has 9 nitrogen and oxygen atoms in total. The van der Waals surface area contributed by atoms with E-state index in [1.165, 1.54) is 0 Å². The molecule has 2 amide bonds. The van der Waals surface area contributed by atoms with Gasteiger partial charge in [0.05, 0.1) is 13.2 Å². The minimum Gasteiger partial charge on any atom is -0.443 e. The third-order valence-corrected chi connectivity index (χ3v) is 4.96. The van der Waals surface area contributed by atoms with Gasteiger partial charge in [-0.2, -0.15) is 4.90 Å². The van der Waals surface area contributed by atoms with Gasteiger partial charge in [-0.3, -0.25) is 0 Å². The van der Waals surface area contributed by atoms with Crippen molar-refractivity contribution in [3.05, 3.63) is 71.8 Å². The first-order valence-electron chi connectivity index (χ1n) is 12.7. The number of carbonyl (C=O) groups excluding carboxylic acids is 2. The van der Waals surface area contributed by atoms with E-state index in [9.17, 15) is 9.59 Å². The smallest absolute Gasteiger partial charge is 0.422 e. The summed E-state index contributed by atoms with van der Waals surface area (Å²) in [6, 6.07) is 19.2. The van der Waals surface area contributed by atoms with E-state index in [0.29, 0.717) is 6.61 Å². The lowest BCUT2D eigenvalue weighted by Gasteiger charge is -2.34. The molecule has 0 saturated carbocycles. The Hall–Kier alpha value is -2.98. The third kappa shape index (κ3) is 12.0. The van der Waals surface area contributed by atoms with Crippen molar-refractivity contribution in [3.8, 4) is 0 Å². The van der Waals surface area contributed by atoms with Crippen LogP contribution in [0.4, 0.5) is 9.59 Å². The van der Waals surface area contributed by atoms with Gasteiger partial charge >= 0.3 is 12.2 Å². The van der Waals surface area contributed by atoms with Crippen molar-refractivity contribution in [2.75, 3.05) is 13.1 Å². The van der Waals surface area contributed by atoms with Crippen LogP contribution in [0, 0.1) is 0 Å². The highest BCUT2D eigenvalue weighted by Crippen LogP contribution is 2.18. The molecule has 0 aliphatic carbocycles. The van der Waals surface area contributed by atoms with Gasteiger partial charge in [-0.25, -0.2) is 9.59 Å². The molecule has 3 N–H and O–H groups in total. The van der Waals surface area contributed by atoms with E-state index in [1.807, 2.05) is 60.7 Å². The molecular weight excluding hydrogens is 486 g/mol. The molecule has 0 saturated heterocycles. The quantitative estimate of drug-likeness (QED) is 0.383. The van der Waals surface area contributed by atoms with Gasteiger partial charge < -0.3 is 30.0 Å². The Labute approximate surface area is 226 Å². The lowest BCUT2D eigenvalue weighted by atomic mass is 10.2. The van der Waals surface area contributed by atoms with Crippen molar-refractivity contribution in [2.24, 2.45) is 5.73 Å². The van der Waals surface area contributed by atoms with E-state index in [2.05, 4.69) is 5.32 Å². The maximum atomic E-state index is 13.2. The summed E-state index contributed by atoms with van der Waals surface area (Å²) in [5, 5.41) is 3.18. The van der Waals surface area contributed by atoms with Gasteiger partial charge in [-0.15, -0.1) is 0 Å². The van der Waals surface area contributed by atoms with Gasteiger partial charge in [0.1, 0.15) is 16.9 Å².